The minimum absolute atomic E-state index is 0.271. The molecule has 5 nitrogen and oxygen atoms in total. The lowest BCUT2D eigenvalue weighted by Crippen LogP contribution is -2.48. The minimum atomic E-state index is -0.466. The smallest absolute Gasteiger partial charge is 0.410 e. The summed E-state index contributed by atoms with van der Waals surface area (Å²) in [6, 6.07) is -0.466. The number of carbonyl (C=O) groups is 2. The number of carbonyl (C=O) groups excluding carboxylic acids is 2. The van der Waals surface area contributed by atoms with Crippen molar-refractivity contribution in [1.82, 2.24) is 4.90 Å². The predicted octanol–water partition coefficient (Wildman–Crippen LogP) is 5.07. The highest BCUT2D eigenvalue weighted by atomic mass is 16.6. The van der Waals surface area contributed by atoms with Gasteiger partial charge in [-0.25, -0.2) is 9.59 Å². The largest absolute Gasteiger partial charge is 0.464 e. The second-order valence-corrected chi connectivity index (χ2v) is 6.90. The van der Waals surface area contributed by atoms with E-state index in [4.69, 9.17) is 9.47 Å². The number of esters is 1. The van der Waals surface area contributed by atoms with E-state index in [0.29, 0.717) is 26.2 Å². The average Bonchev–Trinajstić information content (AvgIpc) is 2.63. The summed E-state index contributed by atoms with van der Waals surface area (Å²) >= 11 is 0. The lowest BCUT2D eigenvalue weighted by atomic mass is 10.0. The van der Waals surface area contributed by atoms with Crippen molar-refractivity contribution in [3.05, 3.63) is 0 Å². The molecule has 0 saturated carbocycles. The topological polar surface area (TPSA) is 55.8 Å². The molecule has 0 bridgehead atoms. The lowest BCUT2D eigenvalue weighted by Gasteiger charge is -2.33. The number of piperidine rings is 1. The Hall–Kier alpha value is -1.26. The van der Waals surface area contributed by atoms with E-state index in [1.807, 2.05) is 0 Å². The maximum absolute atomic E-state index is 12.3. The van der Waals surface area contributed by atoms with Gasteiger partial charge in [0.05, 0.1) is 13.2 Å². The van der Waals surface area contributed by atoms with Gasteiger partial charge < -0.3 is 9.47 Å². The van der Waals surface area contributed by atoms with Crippen LogP contribution in [0.25, 0.3) is 0 Å². The molecule has 1 fully saturated rings. The summed E-state index contributed by atoms with van der Waals surface area (Å²) in [6.07, 6.45) is 13.3. The van der Waals surface area contributed by atoms with Crippen molar-refractivity contribution in [2.24, 2.45) is 0 Å². The Kier molecular flexibility index (Phi) is 12.2. The molecular formula is C20H37NO4. The molecule has 1 heterocycles. The van der Waals surface area contributed by atoms with Crippen molar-refractivity contribution in [2.75, 3.05) is 19.8 Å². The van der Waals surface area contributed by atoms with Gasteiger partial charge in [-0.2, -0.15) is 0 Å². The number of rotatable bonds is 12. The summed E-state index contributed by atoms with van der Waals surface area (Å²) in [5.74, 6) is -0.271. The number of ether oxygens (including phenoxy) is 2. The Balaban J connectivity index is 2.13. The van der Waals surface area contributed by atoms with Crippen molar-refractivity contribution < 1.29 is 19.1 Å². The van der Waals surface area contributed by atoms with E-state index < -0.39 is 12.1 Å². The van der Waals surface area contributed by atoms with E-state index in [0.717, 1.165) is 25.7 Å². The molecule has 0 radical (unpaired) electrons. The van der Waals surface area contributed by atoms with Gasteiger partial charge in [0.15, 0.2) is 0 Å². The second-order valence-electron chi connectivity index (χ2n) is 6.90. The first-order valence-corrected chi connectivity index (χ1v) is 10.3. The zero-order valence-corrected chi connectivity index (χ0v) is 16.3. The molecule has 146 valence electrons. The van der Waals surface area contributed by atoms with Crippen LogP contribution in [0.1, 0.15) is 90.9 Å². The molecule has 1 amide bonds. The molecule has 1 saturated heterocycles. The van der Waals surface area contributed by atoms with E-state index in [-0.39, 0.29) is 5.97 Å². The first-order valence-electron chi connectivity index (χ1n) is 10.3. The monoisotopic (exact) mass is 355 g/mol. The summed E-state index contributed by atoms with van der Waals surface area (Å²) < 4.78 is 10.5. The van der Waals surface area contributed by atoms with Crippen LogP contribution in [0.2, 0.25) is 0 Å². The number of unbranched alkanes of at least 4 members (excludes halogenated alkanes) is 8. The van der Waals surface area contributed by atoms with Gasteiger partial charge in [0.1, 0.15) is 6.04 Å². The van der Waals surface area contributed by atoms with Gasteiger partial charge in [-0.15, -0.1) is 0 Å². The molecule has 0 spiro atoms. The van der Waals surface area contributed by atoms with Crippen LogP contribution in [0.5, 0.6) is 0 Å². The number of hydrogen-bond acceptors (Lipinski definition) is 4. The highest BCUT2D eigenvalue weighted by molar-refractivity contribution is 5.81. The first-order chi connectivity index (χ1) is 12.2. The molecule has 1 unspecified atom stereocenters. The maximum atomic E-state index is 12.3. The van der Waals surface area contributed by atoms with E-state index >= 15 is 0 Å². The fourth-order valence-corrected chi connectivity index (χ4v) is 3.28. The molecule has 1 aliphatic heterocycles. The Bertz CT molecular complexity index is 373. The highest BCUT2D eigenvalue weighted by Crippen LogP contribution is 2.19. The van der Waals surface area contributed by atoms with Crippen LogP contribution in [-0.4, -0.2) is 42.8 Å². The van der Waals surface area contributed by atoms with Crippen LogP contribution in [0, 0.1) is 0 Å². The third-order valence-electron chi connectivity index (χ3n) is 4.77. The fourth-order valence-electron chi connectivity index (χ4n) is 3.28. The van der Waals surface area contributed by atoms with Gasteiger partial charge in [0, 0.05) is 6.54 Å². The summed E-state index contributed by atoms with van der Waals surface area (Å²) in [4.78, 5) is 25.8. The van der Waals surface area contributed by atoms with Crippen molar-refractivity contribution in [1.29, 1.82) is 0 Å². The van der Waals surface area contributed by atoms with Gasteiger partial charge in [-0.3, -0.25) is 4.90 Å². The van der Waals surface area contributed by atoms with E-state index in [9.17, 15) is 9.59 Å². The summed E-state index contributed by atoms with van der Waals surface area (Å²) in [5, 5.41) is 0. The van der Waals surface area contributed by atoms with Crippen LogP contribution in [0.3, 0.4) is 0 Å². The zero-order chi connectivity index (χ0) is 18.3. The summed E-state index contributed by atoms with van der Waals surface area (Å²) in [7, 11) is 0. The Morgan fingerprint density at radius 2 is 1.52 bits per heavy atom. The first kappa shape index (κ1) is 21.8. The van der Waals surface area contributed by atoms with Crippen molar-refractivity contribution in [3.8, 4) is 0 Å². The Labute approximate surface area is 153 Å². The third kappa shape index (κ3) is 9.13. The molecule has 5 heteroatoms. The van der Waals surface area contributed by atoms with Gasteiger partial charge in [0.25, 0.3) is 0 Å². The van der Waals surface area contributed by atoms with Gasteiger partial charge >= 0.3 is 12.1 Å². The third-order valence-corrected chi connectivity index (χ3v) is 4.77. The lowest BCUT2D eigenvalue weighted by molar-refractivity contribution is -0.150. The average molecular weight is 356 g/mol. The summed E-state index contributed by atoms with van der Waals surface area (Å²) in [6.45, 7) is 5.38. The molecule has 0 N–H and O–H groups in total. The quantitative estimate of drug-likeness (QED) is 0.362. The van der Waals surface area contributed by atoms with Crippen molar-refractivity contribution >= 4 is 12.1 Å². The predicted molar refractivity (Wildman–Crippen MR) is 99.6 cm³/mol. The van der Waals surface area contributed by atoms with Crippen molar-refractivity contribution in [3.63, 3.8) is 0 Å². The zero-order valence-electron chi connectivity index (χ0n) is 16.3. The number of nitrogens with zero attached hydrogens (tertiary/aromatic N) is 1. The molecule has 0 aliphatic carbocycles. The highest BCUT2D eigenvalue weighted by Gasteiger charge is 2.34. The second kappa shape index (κ2) is 14.0. The Morgan fingerprint density at radius 3 is 2.16 bits per heavy atom. The Morgan fingerprint density at radius 1 is 0.880 bits per heavy atom. The number of amides is 1. The van der Waals surface area contributed by atoms with Crippen LogP contribution < -0.4 is 0 Å². The maximum Gasteiger partial charge on any atom is 0.410 e. The minimum Gasteiger partial charge on any atom is -0.464 e. The van der Waals surface area contributed by atoms with Gasteiger partial charge in [0.2, 0.25) is 0 Å². The van der Waals surface area contributed by atoms with Crippen LogP contribution in [0.15, 0.2) is 0 Å². The SMILES string of the molecule is CCCCCCCCCCCOC(=O)C1CCCCN1C(=O)OCC. The van der Waals surface area contributed by atoms with Crippen molar-refractivity contribution in [2.45, 2.75) is 96.9 Å². The molecule has 1 atom stereocenters. The molecule has 1 rings (SSSR count). The van der Waals surface area contributed by atoms with E-state index in [1.165, 1.54) is 49.8 Å². The molecule has 1 aliphatic rings. The molecule has 0 aromatic heterocycles. The normalized spacial score (nSPS) is 17.4. The van der Waals surface area contributed by atoms with Crippen LogP contribution >= 0.6 is 0 Å². The number of hydrogen-bond donors (Lipinski definition) is 0. The number of likely N-dealkylation sites (tertiary alicyclic amines) is 1. The molecule has 0 aromatic rings. The van der Waals surface area contributed by atoms with Gasteiger partial charge in [-0.05, 0) is 32.6 Å². The van der Waals surface area contributed by atoms with Crippen LogP contribution in [-0.2, 0) is 14.3 Å². The molecule has 0 aromatic carbocycles. The fraction of sp³-hybridized carbons (Fsp3) is 0.900. The molecular weight excluding hydrogens is 318 g/mol. The summed E-state index contributed by atoms with van der Waals surface area (Å²) in [5.41, 5.74) is 0. The van der Waals surface area contributed by atoms with Crippen LogP contribution in [0.4, 0.5) is 4.79 Å². The van der Waals surface area contributed by atoms with Gasteiger partial charge in [-0.1, -0.05) is 58.3 Å². The standard InChI is InChI=1S/C20H37NO4/c1-3-5-6-7-8-9-10-11-14-17-25-19(22)18-15-12-13-16-21(18)20(23)24-4-2/h18H,3-17H2,1-2H3. The van der Waals surface area contributed by atoms with E-state index in [1.54, 1.807) is 6.92 Å². The van der Waals surface area contributed by atoms with E-state index in [2.05, 4.69) is 6.92 Å². The molecule has 25 heavy (non-hydrogen) atoms.